The Bertz CT molecular complexity index is 630. The summed E-state index contributed by atoms with van der Waals surface area (Å²) in [5, 5.41) is 10.2. The molecule has 158 valence electrons. The first-order valence-electron chi connectivity index (χ1n) is 12.3. The van der Waals surface area contributed by atoms with Crippen LogP contribution in [0.1, 0.15) is 92.4 Å². The minimum atomic E-state index is -0.0842. The molecule has 1 unspecified atom stereocenters. The number of allylic oxidation sites excluding steroid dienone is 3. The second kappa shape index (κ2) is 7.60. The third-order valence-corrected chi connectivity index (χ3v) is 9.83. The molecule has 1 heteroatoms. The summed E-state index contributed by atoms with van der Waals surface area (Å²) in [6, 6.07) is 0. The Morgan fingerprint density at radius 3 is 2.61 bits per heavy atom. The van der Waals surface area contributed by atoms with Crippen molar-refractivity contribution in [2.24, 2.45) is 46.3 Å². The van der Waals surface area contributed by atoms with Gasteiger partial charge in [-0.25, -0.2) is 0 Å². The number of aliphatic hydroxyl groups is 1. The molecule has 0 bridgehead atoms. The van der Waals surface area contributed by atoms with Gasteiger partial charge in [-0.05, 0) is 104 Å². The van der Waals surface area contributed by atoms with E-state index < -0.39 is 0 Å². The molecule has 1 nitrogen and oxygen atoms in total. The number of hydrogen-bond donors (Lipinski definition) is 1. The van der Waals surface area contributed by atoms with E-state index in [-0.39, 0.29) is 6.10 Å². The molecule has 3 fully saturated rings. The zero-order chi connectivity index (χ0) is 20.1. The summed E-state index contributed by atoms with van der Waals surface area (Å²) in [7, 11) is 0. The summed E-state index contributed by atoms with van der Waals surface area (Å²) >= 11 is 0. The predicted octanol–water partition coefficient (Wildman–Crippen LogP) is 7.16. The third kappa shape index (κ3) is 3.34. The maximum absolute atomic E-state index is 10.2. The molecule has 4 rings (SSSR count). The molecule has 0 radical (unpaired) electrons. The molecular formula is C27H44O. The van der Waals surface area contributed by atoms with E-state index in [4.69, 9.17) is 0 Å². The first kappa shape index (κ1) is 20.7. The molecule has 0 aromatic rings. The van der Waals surface area contributed by atoms with Gasteiger partial charge in [-0.1, -0.05) is 58.4 Å². The van der Waals surface area contributed by atoms with E-state index in [0.717, 1.165) is 48.3 Å². The topological polar surface area (TPSA) is 20.2 Å². The second-order valence-electron chi connectivity index (χ2n) is 11.8. The van der Waals surface area contributed by atoms with Crippen LogP contribution in [0.15, 0.2) is 23.8 Å². The highest BCUT2D eigenvalue weighted by Gasteiger charge is 2.58. The molecule has 4 aliphatic rings. The fourth-order valence-electron chi connectivity index (χ4n) is 8.25. The number of hydrogen-bond acceptors (Lipinski definition) is 1. The van der Waals surface area contributed by atoms with Crippen LogP contribution in [0.2, 0.25) is 0 Å². The zero-order valence-corrected chi connectivity index (χ0v) is 19.1. The number of aliphatic hydroxyl groups excluding tert-OH is 1. The molecule has 0 aromatic carbocycles. The van der Waals surface area contributed by atoms with Crippen LogP contribution < -0.4 is 0 Å². The molecule has 4 aliphatic carbocycles. The van der Waals surface area contributed by atoms with Crippen LogP contribution >= 0.6 is 0 Å². The van der Waals surface area contributed by atoms with E-state index in [9.17, 15) is 5.11 Å². The normalized spacial score (nSPS) is 46.8. The summed E-state index contributed by atoms with van der Waals surface area (Å²) < 4.78 is 0. The molecular weight excluding hydrogens is 340 g/mol. The van der Waals surface area contributed by atoms with Crippen LogP contribution in [-0.4, -0.2) is 11.2 Å². The van der Waals surface area contributed by atoms with E-state index in [2.05, 4.69) is 52.8 Å². The minimum absolute atomic E-state index is 0.0842. The van der Waals surface area contributed by atoms with Crippen LogP contribution in [0.5, 0.6) is 0 Å². The Hall–Kier alpha value is -0.560. The Balaban J connectivity index is 1.53. The van der Waals surface area contributed by atoms with Gasteiger partial charge in [0.1, 0.15) is 0 Å². The van der Waals surface area contributed by atoms with Crippen molar-refractivity contribution in [3.05, 3.63) is 23.8 Å². The van der Waals surface area contributed by atoms with Crippen molar-refractivity contribution in [3.8, 4) is 0 Å². The minimum Gasteiger partial charge on any atom is -0.393 e. The third-order valence-electron chi connectivity index (χ3n) is 9.83. The van der Waals surface area contributed by atoms with Crippen molar-refractivity contribution in [1.82, 2.24) is 0 Å². The van der Waals surface area contributed by atoms with Crippen LogP contribution in [0, 0.1) is 46.3 Å². The first-order chi connectivity index (χ1) is 13.3. The summed E-state index contributed by atoms with van der Waals surface area (Å²) in [6.45, 7) is 12.3. The van der Waals surface area contributed by atoms with Crippen molar-refractivity contribution >= 4 is 0 Å². The smallest absolute Gasteiger partial charge is 0.0577 e. The zero-order valence-electron chi connectivity index (χ0n) is 19.1. The Morgan fingerprint density at radius 2 is 1.86 bits per heavy atom. The lowest BCUT2D eigenvalue weighted by atomic mass is 9.47. The highest BCUT2D eigenvalue weighted by Crippen LogP contribution is 2.67. The van der Waals surface area contributed by atoms with Crippen molar-refractivity contribution in [2.75, 3.05) is 0 Å². The van der Waals surface area contributed by atoms with Gasteiger partial charge in [0.2, 0.25) is 0 Å². The quantitative estimate of drug-likeness (QED) is 0.510. The van der Waals surface area contributed by atoms with Crippen LogP contribution in [0.4, 0.5) is 0 Å². The van der Waals surface area contributed by atoms with E-state index in [0.29, 0.717) is 10.8 Å². The molecule has 28 heavy (non-hydrogen) atoms. The van der Waals surface area contributed by atoms with Crippen LogP contribution in [0.3, 0.4) is 0 Å². The van der Waals surface area contributed by atoms with E-state index >= 15 is 0 Å². The monoisotopic (exact) mass is 384 g/mol. The summed E-state index contributed by atoms with van der Waals surface area (Å²) in [5.41, 5.74) is 2.53. The molecule has 0 spiro atoms. The van der Waals surface area contributed by atoms with Gasteiger partial charge in [0.05, 0.1) is 6.10 Å². The molecule has 0 aromatic heterocycles. The van der Waals surface area contributed by atoms with Gasteiger partial charge >= 0.3 is 0 Å². The summed E-state index contributed by atoms with van der Waals surface area (Å²) in [4.78, 5) is 0. The first-order valence-corrected chi connectivity index (χ1v) is 12.3. The van der Waals surface area contributed by atoms with Gasteiger partial charge < -0.3 is 5.11 Å². The highest BCUT2D eigenvalue weighted by atomic mass is 16.3. The standard InChI is InChI=1S/C27H44O/c1-18(2)7-6-8-19(3)23-11-12-24-22-10-9-20-17-21(28)13-15-26(20,4)25(22)14-16-27(23,24)5/h6,8-9,18-19,21-25,28H,7,10-17H2,1-5H3/b8-6+/t19-,21+,22+,23-,24+,25?,26+,27-/m1/s1. The lowest BCUT2D eigenvalue weighted by Gasteiger charge is -2.58. The largest absolute Gasteiger partial charge is 0.393 e. The average Bonchev–Trinajstić information content (AvgIpc) is 2.99. The highest BCUT2D eigenvalue weighted by molar-refractivity contribution is 5.25. The van der Waals surface area contributed by atoms with Crippen molar-refractivity contribution in [1.29, 1.82) is 0 Å². The van der Waals surface area contributed by atoms with Crippen molar-refractivity contribution in [3.63, 3.8) is 0 Å². The van der Waals surface area contributed by atoms with Crippen molar-refractivity contribution in [2.45, 2.75) is 98.5 Å². The maximum Gasteiger partial charge on any atom is 0.0577 e. The van der Waals surface area contributed by atoms with Crippen LogP contribution in [-0.2, 0) is 0 Å². The Labute approximate surface area is 174 Å². The molecule has 0 saturated heterocycles. The number of fused-ring (bicyclic) bond motifs is 5. The van der Waals surface area contributed by atoms with E-state index in [1.165, 1.54) is 44.9 Å². The van der Waals surface area contributed by atoms with Gasteiger partial charge in [-0.2, -0.15) is 0 Å². The van der Waals surface area contributed by atoms with Gasteiger partial charge in [-0.3, -0.25) is 0 Å². The van der Waals surface area contributed by atoms with Gasteiger partial charge in [0.15, 0.2) is 0 Å². The van der Waals surface area contributed by atoms with E-state index in [1.807, 2.05) is 0 Å². The second-order valence-corrected chi connectivity index (χ2v) is 11.8. The molecule has 0 aliphatic heterocycles. The Morgan fingerprint density at radius 1 is 1.07 bits per heavy atom. The predicted molar refractivity (Wildman–Crippen MR) is 119 cm³/mol. The van der Waals surface area contributed by atoms with E-state index in [1.54, 1.807) is 5.57 Å². The lowest BCUT2D eigenvalue weighted by Crippen LogP contribution is -2.50. The molecule has 8 atom stereocenters. The molecule has 0 amide bonds. The summed E-state index contributed by atoms with van der Waals surface area (Å²) in [6.07, 6.45) is 18.9. The molecule has 3 saturated carbocycles. The van der Waals surface area contributed by atoms with Gasteiger partial charge in [0, 0.05) is 0 Å². The van der Waals surface area contributed by atoms with Crippen molar-refractivity contribution < 1.29 is 5.11 Å². The maximum atomic E-state index is 10.2. The SMILES string of the molecule is CC(C)C/C=C/[C@@H](C)[C@H]1CC[C@H]2[C@@H]3CC=C4C[C@@H](O)CC[C@]4(C)C3CC[C@]12C. The fourth-order valence-corrected chi connectivity index (χ4v) is 8.25. The summed E-state index contributed by atoms with van der Waals surface area (Å²) in [5.74, 6) is 5.03. The molecule has 1 N–H and O–H groups in total. The lowest BCUT2D eigenvalue weighted by molar-refractivity contribution is -0.0540. The van der Waals surface area contributed by atoms with Gasteiger partial charge in [0.25, 0.3) is 0 Å². The average molecular weight is 385 g/mol. The fraction of sp³-hybridized carbons (Fsp3) is 0.852. The number of rotatable bonds is 4. The van der Waals surface area contributed by atoms with Gasteiger partial charge in [-0.15, -0.1) is 0 Å². The Kier molecular flexibility index (Phi) is 5.62. The molecule has 0 heterocycles. The van der Waals surface area contributed by atoms with Crippen LogP contribution in [0.25, 0.3) is 0 Å².